The van der Waals surface area contributed by atoms with Gasteiger partial charge in [0.1, 0.15) is 11.3 Å². The Hall–Kier alpha value is -1.97. The Morgan fingerprint density at radius 3 is 2.73 bits per heavy atom. The summed E-state index contributed by atoms with van der Waals surface area (Å²) in [6, 6.07) is 6.36. The Morgan fingerprint density at radius 2 is 2.07 bits per heavy atom. The lowest BCUT2D eigenvalue weighted by Crippen LogP contribution is -2.09. The van der Waals surface area contributed by atoms with Gasteiger partial charge in [-0.2, -0.15) is 0 Å². The predicted molar refractivity (Wildman–Crippen MR) is 58.5 cm³/mol. The first-order chi connectivity index (χ1) is 7.09. The first-order valence-electron chi connectivity index (χ1n) is 4.53. The number of nitrogens with zero attached hydrogens (tertiary/aromatic N) is 1. The van der Waals surface area contributed by atoms with Gasteiger partial charge in [0, 0.05) is 14.1 Å². The van der Waals surface area contributed by atoms with Gasteiger partial charge >= 0.3 is 5.63 Å². The van der Waals surface area contributed by atoms with Crippen LogP contribution in [0.15, 0.2) is 33.5 Å². The van der Waals surface area contributed by atoms with Crippen LogP contribution in [0.25, 0.3) is 11.0 Å². The molecule has 1 aromatic carbocycles. The Kier molecular flexibility index (Phi) is 2.11. The van der Waals surface area contributed by atoms with E-state index >= 15 is 0 Å². The second kappa shape index (κ2) is 3.31. The van der Waals surface area contributed by atoms with E-state index in [4.69, 9.17) is 4.42 Å². The van der Waals surface area contributed by atoms with Crippen molar-refractivity contribution in [3.63, 3.8) is 0 Å². The van der Waals surface area contributed by atoms with Gasteiger partial charge in [-0.1, -0.05) is 6.07 Å². The number of rotatable bonds is 1. The smallest absolute Gasteiger partial charge is 0.339 e. The number of benzene rings is 1. The highest BCUT2D eigenvalue weighted by Gasteiger charge is 2.09. The molecule has 0 amide bonds. The molecule has 1 aromatic heterocycles. The molecule has 0 aliphatic heterocycles. The molecule has 0 aliphatic carbocycles. The first kappa shape index (κ1) is 9.58. The van der Waals surface area contributed by atoms with Crippen LogP contribution in [0.2, 0.25) is 0 Å². The maximum Gasteiger partial charge on any atom is 0.339 e. The number of fused-ring (bicyclic) bond motifs is 1. The van der Waals surface area contributed by atoms with Crippen molar-refractivity contribution in [1.29, 1.82) is 0 Å². The SMILES string of the molecule is CN(C)c1cccc2oc(=O)cc(O)c12. The van der Waals surface area contributed by atoms with Gasteiger partial charge < -0.3 is 14.4 Å². The zero-order valence-electron chi connectivity index (χ0n) is 8.52. The summed E-state index contributed by atoms with van der Waals surface area (Å²) in [4.78, 5) is 12.9. The molecule has 4 heteroatoms. The van der Waals surface area contributed by atoms with Gasteiger partial charge in [0.05, 0.1) is 17.1 Å². The van der Waals surface area contributed by atoms with Crippen molar-refractivity contribution in [3.05, 3.63) is 34.7 Å². The monoisotopic (exact) mass is 205 g/mol. The molecule has 15 heavy (non-hydrogen) atoms. The van der Waals surface area contributed by atoms with Gasteiger partial charge in [-0.25, -0.2) is 4.79 Å². The van der Waals surface area contributed by atoms with E-state index in [-0.39, 0.29) is 5.75 Å². The molecular weight excluding hydrogens is 194 g/mol. The Labute approximate surface area is 86.4 Å². The van der Waals surface area contributed by atoms with E-state index in [9.17, 15) is 9.90 Å². The van der Waals surface area contributed by atoms with E-state index in [2.05, 4.69) is 0 Å². The number of aromatic hydroxyl groups is 1. The molecule has 2 rings (SSSR count). The Balaban J connectivity index is 2.91. The minimum atomic E-state index is -0.545. The van der Waals surface area contributed by atoms with Crippen LogP contribution >= 0.6 is 0 Å². The Bertz CT molecular complexity index is 557. The number of hydrogen-bond donors (Lipinski definition) is 1. The molecule has 0 saturated heterocycles. The number of hydrogen-bond acceptors (Lipinski definition) is 4. The highest BCUT2D eigenvalue weighted by atomic mass is 16.4. The van der Waals surface area contributed by atoms with Gasteiger partial charge in [-0.05, 0) is 12.1 Å². The van der Waals surface area contributed by atoms with Crippen LogP contribution < -0.4 is 10.5 Å². The van der Waals surface area contributed by atoms with E-state index < -0.39 is 5.63 Å². The summed E-state index contributed by atoms with van der Waals surface area (Å²) >= 11 is 0. The highest BCUT2D eigenvalue weighted by molar-refractivity contribution is 5.95. The molecule has 1 heterocycles. The van der Waals surface area contributed by atoms with Gasteiger partial charge in [0.25, 0.3) is 0 Å². The standard InChI is InChI=1S/C11H11NO3/c1-12(2)7-4-3-5-9-11(7)8(13)6-10(14)15-9/h3-6,13H,1-2H3. The van der Waals surface area contributed by atoms with Crippen molar-refractivity contribution in [2.75, 3.05) is 19.0 Å². The molecule has 0 radical (unpaired) electrons. The van der Waals surface area contributed by atoms with Gasteiger partial charge in [0.15, 0.2) is 0 Å². The molecule has 0 unspecified atom stereocenters. The third-order valence-corrected chi connectivity index (χ3v) is 2.21. The van der Waals surface area contributed by atoms with Crippen LogP contribution in [0.1, 0.15) is 0 Å². The molecule has 4 nitrogen and oxygen atoms in total. The minimum Gasteiger partial charge on any atom is -0.507 e. The molecule has 0 aliphatic rings. The van der Waals surface area contributed by atoms with Gasteiger partial charge in [0.2, 0.25) is 0 Å². The van der Waals surface area contributed by atoms with Crippen LogP contribution in [-0.2, 0) is 0 Å². The van der Waals surface area contributed by atoms with Crippen LogP contribution in [0.3, 0.4) is 0 Å². The van der Waals surface area contributed by atoms with Crippen LogP contribution in [-0.4, -0.2) is 19.2 Å². The third-order valence-electron chi connectivity index (χ3n) is 2.21. The van der Waals surface area contributed by atoms with E-state index in [0.29, 0.717) is 11.0 Å². The topological polar surface area (TPSA) is 53.7 Å². The second-order valence-electron chi connectivity index (χ2n) is 3.50. The maximum absolute atomic E-state index is 11.0. The average molecular weight is 205 g/mol. The van der Waals surface area contributed by atoms with Crippen molar-refractivity contribution in [3.8, 4) is 5.75 Å². The van der Waals surface area contributed by atoms with Crippen molar-refractivity contribution in [2.24, 2.45) is 0 Å². The van der Waals surface area contributed by atoms with Crippen molar-refractivity contribution >= 4 is 16.7 Å². The maximum atomic E-state index is 11.0. The predicted octanol–water partition coefficient (Wildman–Crippen LogP) is 1.56. The first-order valence-corrected chi connectivity index (χ1v) is 4.53. The fraction of sp³-hybridized carbons (Fsp3) is 0.182. The molecule has 0 atom stereocenters. The summed E-state index contributed by atoms with van der Waals surface area (Å²) in [7, 11) is 3.72. The van der Waals surface area contributed by atoms with Crippen LogP contribution in [0, 0.1) is 0 Å². The lowest BCUT2D eigenvalue weighted by atomic mass is 10.1. The fourth-order valence-corrected chi connectivity index (χ4v) is 1.56. The van der Waals surface area contributed by atoms with E-state index in [1.165, 1.54) is 0 Å². The molecule has 0 saturated carbocycles. The van der Waals surface area contributed by atoms with Gasteiger partial charge in [-0.3, -0.25) is 0 Å². The molecule has 1 N–H and O–H groups in total. The summed E-state index contributed by atoms with van der Waals surface area (Å²) in [6.45, 7) is 0. The summed E-state index contributed by atoms with van der Waals surface area (Å²) in [5.74, 6) is -0.0504. The van der Waals surface area contributed by atoms with E-state index in [0.717, 1.165) is 11.8 Å². The molecular formula is C11H11NO3. The second-order valence-corrected chi connectivity index (χ2v) is 3.50. The normalized spacial score (nSPS) is 10.5. The number of anilines is 1. The largest absolute Gasteiger partial charge is 0.507 e. The van der Waals surface area contributed by atoms with Crippen LogP contribution in [0.4, 0.5) is 5.69 Å². The lowest BCUT2D eigenvalue weighted by Gasteiger charge is -2.14. The fourth-order valence-electron chi connectivity index (χ4n) is 1.56. The quantitative estimate of drug-likeness (QED) is 0.718. The van der Waals surface area contributed by atoms with Crippen molar-refractivity contribution in [2.45, 2.75) is 0 Å². The summed E-state index contributed by atoms with van der Waals surface area (Å²) in [5.41, 5.74) is 0.663. The summed E-state index contributed by atoms with van der Waals surface area (Å²) in [6.07, 6.45) is 0. The molecule has 0 spiro atoms. The van der Waals surface area contributed by atoms with Crippen molar-refractivity contribution in [1.82, 2.24) is 0 Å². The average Bonchev–Trinajstić information content (AvgIpc) is 2.16. The highest BCUT2D eigenvalue weighted by Crippen LogP contribution is 2.31. The lowest BCUT2D eigenvalue weighted by molar-refractivity contribution is 0.468. The van der Waals surface area contributed by atoms with Crippen molar-refractivity contribution < 1.29 is 9.52 Å². The zero-order valence-corrected chi connectivity index (χ0v) is 8.52. The molecule has 0 fully saturated rings. The Morgan fingerprint density at radius 1 is 1.33 bits per heavy atom. The molecule has 2 aromatic rings. The zero-order chi connectivity index (χ0) is 11.0. The molecule has 78 valence electrons. The third kappa shape index (κ3) is 1.54. The van der Waals surface area contributed by atoms with Crippen LogP contribution in [0.5, 0.6) is 5.75 Å². The van der Waals surface area contributed by atoms with Gasteiger partial charge in [-0.15, -0.1) is 0 Å². The molecule has 0 bridgehead atoms. The minimum absolute atomic E-state index is 0.0504. The summed E-state index contributed by atoms with van der Waals surface area (Å²) < 4.78 is 4.99. The summed E-state index contributed by atoms with van der Waals surface area (Å²) in [5, 5.41) is 10.3. The van der Waals surface area contributed by atoms with E-state index in [1.807, 2.05) is 25.1 Å². The van der Waals surface area contributed by atoms with E-state index in [1.54, 1.807) is 12.1 Å².